The topological polar surface area (TPSA) is 17.1 Å². The Morgan fingerprint density at radius 3 is 2.77 bits per heavy atom. The van der Waals surface area contributed by atoms with Crippen molar-refractivity contribution in [3.8, 4) is 0 Å². The molecule has 1 spiro atoms. The molecule has 4 atom stereocenters. The summed E-state index contributed by atoms with van der Waals surface area (Å²) in [7, 11) is 0. The first-order valence-corrected chi connectivity index (χ1v) is 5.62. The minimum atomic E-state index is -0.185. The molecule has 0 aliphatic heterocycles. The Bertz CT molecular complexity index is 288. The molecule has 3 rings (SSSR count). The average Bonchev–Trinajstić information content (AvgIpc) is 2.52. The number of carbonyl (C=O) groups excluding carboxylic acids is 1. The van der Waals surface area contributed by atoms with Crippen LogP contribution in [0.5, 0.6) is 0 Å². The van der Waals surface area contributed by atoms with Gasteiger partial charge in [-0.25, -0.2) is 0 Å². The van der Waals surface area contributed by atoms with E-state index < -0.39 is 0 Å². The summed E-state index contributed by atoms with van der Waals surface area (Å²) in [4.78, 5) is 11.4. The molecule has 3 unspecified atom stereocenters. The minimum absolute atomic E-state index is 0.0934. The molecule has 0 radical (unpaired) electrons. The highest BCUT2D eigenvalue weighted by Crippen LogP contribution is 2.74. The smallest absolute Gasteiger partial charge is 0.227 e. The zero-order chi connectivity index (χ0) is 9.27. The van der Waals surface area contributed by atoms with Gasteiger partial charge in [-0.2, -0.15) is 0 Å². The van der Waals surface area contributed by atoms with Crippen molar-refractivity contribution in [1.29, 1.82) is 0 Å². The fourth-order valence-corrected chi connectivity index (χ4v) is 4.30. The van der Waals surface area contributed by atoms with E-state index in [0.29, 0.717) is 5.41 Å². The van der Waals surface area contributed by atoms with Crippen LogP contribution < -0.4 is 0 Å². The lowest BCUT2D eigenvalue weighted by molar-refractivity contribution is -0.123. The second-order valence-electron chi connectivity index (χ2n) is 5.78. The highest BCUT2D eigenvalue weighted by Gasteiger charge is 2.66. The molecule has 0 heterocycles. The fourth-order valence-electron chi connectivity index (χ4n) is 4.16. The van der Waals surface area contributed by atoms with Crippen LogP contribution in [-0.4, -0.2) is 5.24 Å². The second-order valence-corrected chi connectivity index (χ2v) is 6.13. The number of hydrogen-bond acceptors (Lipinski definition) is 1. The van der Waals surface area contributed by atoms with Crippen LogP contribution in [0.4, 0.5) is 0 Å². The molecule has 13 heavy (non-hydrogen) atoms. The molecular formula is C11H15ClO. The van der Waals surface area contributed by atoms with Crippen LogP contribution in [0.15, 0.2) is 0 Å². The van der Waals surface area contributed by atoms with Crippen molar-refractivity contribution in [3.05, 3.63) is 0 Å². The van der Waals surface area contributed by atoms with Crippen LogP contribution in [0.1, 0.15) is 39.0 Å². The van der Waals surface area contributed by atoms with Crippen LogP contribution in [0.3, 0.4) is 0 Å². The number of hydrogen-bond donors (Lipinski definition) is 0. The van der Waals surface area contributed by atoms with E-state index in [1.54, 1.807) is 0 Å². The molecule has 3 saturated carbocycles. The molecule has 1 nitrogen and oxygen atoms in total. The van der Waals surface area contributed by atoms with E-state index in [1.807, 2.05) is 0 Å². The maximum Gasteiger partial charge on any atom is 0.227 e. The normalized spacial score (nSPS) is 57.4. The van der Waals surface area contributed by atoms with Gasteiger partial charge in [-0.3, -0.25) is 4.79 Å². The van der Waals surface area contributed by atoms with Gasteiger partial charge >= 0.3 is 0 Å². The maximum absolute atomic E-state index is 11.4. The van der Waals surface area contributed by atoms with Gasteiger partial charge in [-0.05, 0) is 61.0 Å². The van der Waals surface area contributed by atoms with Crippen LogP contribution in [0.2, 0.25) is 0 Å². The summed E-state index contributed by atoms with van der Waals surface area (Å²) >= 11 is 5.70. The average molecular weight is 199 g/mol. The molecule has 3 aliphatic rings. The van der Waals surface area contributed by atoms with E-state index in [1.165, 1.54) is 19.3 Å². The lowest BCUT2D eigenvalue weighted by atomic mass is 9.68. The van der Waals surface area contributed by atoms with Gasteiger partial charge in [-0.15, -0.1) is 0 Å². The first-order valence-electron chi connectivity index (χ1n) is 5.24. The summed E-state index contributed by atoms with van der Waals surface area (Å²) < 4.78 is 0. The van der Waals surface area contributed by atoms with E-state index in [4.69, 9.17) is 11.6 Å². The van der Waals surface area contributed by atoms with Gasteiger partial charge in [0.05, 0.1) is 0 Å². The Labute approximate surface area is 83.8 Å². The first kappa shape index (κ1) is 8.28. The first-order chi connectivity index (χ1) is 6.04. The molecule has 2 bridgehead atoms. The van der Waals surface area contributed by atoms with Crippen molar-refractivity contribution in [3.63, 3.8) is 0 Å². The molecule has 0 saturated heterocycles. The number of halogens is 1. The number of rotatable bonds is 1. The lowest BCUT2D eigenvalue weighted by Gasteiger charge is -2.37. The molecular weight excluding hydrogens is 184 g/mol. The summed E-state index contributed by atoms with van der Waals surface area (Å²) in [6, 6.07) is 0. The molecule has 0 N–H and O–H groups in total. The zero-order valence-corrected chi connectivity index (χ0v) is 8.73. The van der Waals surface area contributed by atoms with Gasteiger partial charge in [-0.1, -0.05) is 6.92 Å². The Hall–Kier alpha value is -0.0400. The summed E-state index contributed by atoms with van der Waals surface area (Å²) in [5.74, 6) is 1.76. The molecule has 0 aromatic heterocycles. The van der Waals surface area contributed by atoms with E-state index in [-0.39, 0.29) is 10.7 Å². The van der Waals surface area contributed by atoms with Gasteiger partial charge in [0.15, 0.2) is 0 Å². The molecule has 0 aromatic carbocycles. The lowest BCUT2D eigenvalue weighted by Crippen LogP contribution is -2.33. The number of carbonyl (C=O) groups is 1. The van der Waals surface area contributed by atoms with Crippen molar-refractivity contribution < 1.29 is 4.79 Å². The monoisotopic (exact) mass is 198 g/mol. The third kappa shape index (κ3) is 0.971. The molecule has 3 aliphatic carbocycles. The van der Waals surface area contributed by atoms with Crippen LogP contribution in [0.25, 0.3) is 0 Å². The van der Waals surface area contributed by atoms with Crippen LogP contribution in [-0.2, 0) is 4.79 Å². The molecule has 0 amide bonds. The summed E-state index contributed by atoms with van der Waals surface area (Å²) in [5, 5.41) is -0.0934. The Morgan fingerprint density at radius 1 is 1.38 bits per heavy atom. The third-order valence-electron chi connectivity index (χ3n) is 4.63. The molecule has 72 valence electrons. The van der Waals surface area contributed by atoms with Crippen molar-refractivity contribution in [1.82, 2.24) is 0 Å². The highest BCUT2D eigenvalue weighted by molar-refractivity contribution is 6.64. The summed E-state index contributed by atoms with van der Waals surface area (Å²) in [5.41, 5.74) is 0.387. The molecule has 2 heteroatoms. The maximum atomic E-state index is 11.4. The van der Waals surface area contributed by atoms with Gasteiger partial charge in [0.25, 0.3) is 0 Å². The standard InChI is InChI=1S/C11H15ClO/c1-10(9(12)13)3-7-2-8-5-11(8,4-7)6-10/h7-8H,2-6H2,1H3/t7?,8-,10?,11?/m1/s1. The van der Waals surface area contributed by atoms with E-state index >= 15 is 0 Å². The highest BCUT2D eigenvalue weighted by atomic mass is 35.5. The van der Waals surface area contributed by atoms with Crippen molar-refractivity contribution >= 4 is 16.8 Å². The van der Waals surface area contributed by atoms with Gasteiger partial charge in [0.1, 0.15) is 0 Å². The van der Waals surface area contributed by atoms with E-state index in [2.05, 4.69) is 6.92 Å². The largest absolute Gasteiger partial charge is 0.281 e. The van der Waals surface area contributed by atoms with E-state index in [9.17, 15) is 4.79 Å². The quantitative estimate of drug-likeness (QED) is 0.592. The Kier molecular flexibility index (Phi) is 1.36. The number of fused-ring (bicyclic) bond motifs is 1. The van der Waals surface area contributed by atoms with Gasteiger partial charge in [0.2, 0.25) is 5.24 Å². The zero-order valence-electron chi connectivity index (χ0n) is 7.98. The van der Waals surface area contributed by atoms with Crippen LogP contribution in [0, 0.1) is 22.7 Å². The summed E-state index contributed by atoms with van der Waals surface area (Å²) in [6.45, 7) is 2.07. The van der Waals surface area contributed by atoms with Gasteiger partial charge < -0.3 is 0 Å². The Morgan fingerprint density at radius 2 is 2.15 bits per heavy atom. The third-order valence-corrected chi connectivity index (χ3v) is 5.08. The summed E-state index contributed by atoms with van der Waals surface area (Å²) in [6.07, 6.45) is 6.26. The SMILES string of the molecule is CC1(C(=O)Cl)CC2C[C@@H]3CC3(C2)C1. The van der Waals surface area contributed by atoms with Crippen molar-refractivity contribution in [2.75, 3.05) is 0 Å². The Balaban J connectivity index is 1.92. The van der Waals surface area contributed by atoms with Crippen LogP contribution >= 0.6 is 11.6 Å². The van der Waals surface area contributed by atoms with Crippen molar-refractivity contribution in [2.45, 2.75) is 39.0 Å². The minimum Gasteiger partial charge on any atom is -0.281 e. The van der Waals surface area contributed by atoms with Crippen molar-refractivity contribution in [2.24, 2.45) is 22.7 Å². The van der Waals surface area contributed by atoms with E-state index in [0.717, 1.165) is 24.7 Å². The predicted molar refractivity (Wildman–Crippen MR) is 51.5 cm³/mol. The fraction of sp³-hybridized carbons (Fsp3) is 0.909. The predicted octanol–water partition coefficient (Wildman–Crippen LogP) is 2.97. The van der Waals surface area contributed by atoms with Gasteiger partial charge in [0, 0.05) is 5.41 Å². The second kappa shape index (κ2) is 2.13. The molecule has 0 aromatic rings. The molecule has 3 fully saturated rings.